The minimum Gasteiger partial charge on any atom is -0.398 e. The third-order valence-electron chi connectivity index (χ3n) is 2.90. The van der Waals surface area contributed by atoms with Crippen molar-refractivity contribution in [2.75, 3.05) is 5.73 Å². The number of anilines is 1. The quantitative estimate of drug-likeness (QED) is 0.703. The molecule has 0 aliphatic carbocycles. The molecule has 0 aliphatic heterocycles. The Bertz CT molecular complexity index is 733. The summed E-state index contributed by atoms with van der Waals surface area (Å²) < 4.78 is 2.92. The third-order valence-corrected chi connectivity index (χ3v) is 3.37. The zero-order valence-corrected chi connectivity index (χ0v) is 11.3. The molecule has 2 heterocycles. The molecule has 0 unspecified atom stereocenters. The average molecular weight is 303 g/mol. The molecule has 3 rings (SSSR count). The third kappa shape index (κ3) is 1.76. The molecule has 2 N–H and O–H groups in total. The van der Waals surface area contributed by atoms with E-state index in [1.54, 1.807) is 0 Å². The number of nitrogens with two attached hydrogens (primary N) is 1. The predicted octanol–water partition coefficient (Wildman–Crippen LogP) is 3.05. The van der Waals surface area contributed by atoms with E-state index in [1.165, 1.54) is 0 Å². The van der Waals surface area contributed by atoms with E-state index in [4.69, 9.17) is 5.73 Å². The number of nitrogen functional groups attached to an aromatic ring is 1. The minimum absolute atomic E-state index is 0.763. The summed E-state index contributed by atoms with van der Waals surface area (Å²) in [6.45, 7) is 1.98. The standard InChI is InChI=1S/C13H11BrN4/c1-8-2-3-9(6-11(8)15)13-17-16-12-5-4-10(14)7-18(12)13/h2-7H,15H2,1H3. The van der Waals surface area contributed by atoms with Gasteiger partial charge in [0, 0.05) is 21.9 Å². The predicted molar refractivity (Wildman–Crippen MR) is 75.3 cm³/mol. The number of hydrogen-bond donors (Lipinski definition) is 1. The lowest BCUT2D eigenvalue weighted by Crippen LogP contribution is -1.93. The number of nitrogens with zero attached hydrogens (tertiary/aromatic N) is 3. The Kier molecular flexibility index (Phi) is 2.56. The van der Waals surface area contributed by atoms with Crippen molar-refractivity contribution < 1.29 is 0 Å². The van der Waals surface area contributed by atoms with Gasteiger partial charge in [-0.3, -0.25) is 4.40 Å². The summed E-state index contributed by atoms with van der Waals surface area (Å²) in [6.07, 6.45) is 1.95. The van der Waals surface area contributed by atoms with Gasteiger partial charge in [-0.25, -0.2) is 0 Å². The van der Waals surface area contributed by atoms with Crippen molar-refractivity contribution in [2.24, 2.45) is 0 Å². The highest BCUT2D eigenvalue weighted by Crippen LogP contribution is 2.23. The fraction of sp³-hybridized carbons (Fsp3) is 0.0769. The average Bonchev–Trinajstić information content (AvgIpc) is 2.75. The second-order valence-electron chi connectivity index (χ2n) is 4.17. The summed E-state index contributed by atoms with van der Waals surface area (Å²) in [5.74, 6) is 0.790. The number of pyridine rings is 1. The molecule has 0 amide bonds. The van der Waals surface area contributed by atoms with E-state index in [1.807, 2.05) is 47.9 Å². The van der Waals surface area contributed by atoms with Gasteiger partial charge < -0.3 is 5.73 Å². The largest absolute Gasteiger partial charge is 0.398 e. The van der Waals surface area contributed by atoms with Crippen molar-refractivity contribution >= 4 is 27.3 Å². The van der Waals surface area contributed by atoms with E-state index < -0.39 is 0 Å². The van der Waals surface area contributed by atoms with E-state index in [0.29, 0.717) is 0 Å². The molecule has 90 valence electrons. The molecule has 0 atom stereocenters. The van der Waals surface area contributed by atoms with Gasteiger partial charge in [-0.15, -0.1) is 10.2 Å². The maximum atomic E-state index is 5.93. The van der Waals surface area contributed by atoms with Gasteiger partial charge in [0.25, 0.3) is 0 Å². The van der Waals surface area contributed by atoms with Crippen molar-refractivity contribution in [3.63, 3.8) is 0 Å². The Morgan fingerprint density at radius 3 is 2.78 bits per heavy atom. The first-order valence-electron chi connectivity index (χ1n) is 5.52. The van der Waals surface area contributed by atoms with Crippen LogP contribution in [-0.2, 0) is 0 Å². The highest BCUT2D eigenvalue weighted by atomic mass is 79.9. The highest BCUT2D eigenvalue weighted by Gasteiger charge is 2.09. The molecule has 2 aromatic heterocycles. The lowest BCUT2D eigenvalue weighted by atomic mass is 10.1. The van der Waals surface area contributed by atoms with Crippen LogP contribution in [0.4, 0.5) is 5.69 Å². The second kappa shape index (κ2) is 4.10. The van der Waals surface area contributed by atoms with Crippen LogP contribution in [-0.4, -0.2) is 14.6 Å². The molecule has 0 aliphatic rings. The minimum atomic E-state index is 0.763. The number of benzene rings is 1. The SMILES string of the molecule is Cc1ccc(-c2nnc3ccc(Br)cn23)cc1N. The molecule has 0 saturated heterocycles. The number of hydrogen-bond acceptors (Lipinski definition) is 3. The van der Waals surface area contributed by atoms with E-state index in [9.17, 15) is 0 Å². The Hall–Kier alpha value is -1.88. The molecule has 0 fully saturated rings. The van der Waals surface area contributed by atoms with Crippen LogP contribution in [0.2, 0.25) is 0 Å². The first-order chi connectivity index (χ1) is 8.65. The molecule has 1 aromatic carbocycles. The second-order valence-corrected chi connectivity index (χ2v) is 5.09. The topological polar surface area (TPSA) is 56.2 Å². The highest BCUT2D eigenvalue weighted by molar-refractivity contribution is 9.10. The van der Waals surface area contributed by atoms with Gasteiger partial charge in [0.05, 0.1) is 0 Å². The number of rotatable bonds is 1. The molecule has 5 heteroatoms. The summed E-state index contributed by atoms with van der Waals surface area (Å²) in [5.41, 5.74) is 9.53. The van der Waals surface area contributed by atoms with Crippen LogP contribution in [0.5, 0.6) is 0 Å². The van der Waals surface area contributed by atoms with E-state index >= 15 is 0 Å². The normalized spacial score (nSPS) is 11.0. The molecular weight excluding hydrogens is 292 g/mol. The van der Waals surface area contributed by atoms with Gasteiger partial charge >= 0.3 is 0 Å². The van der Waals surface area contributed by atoms with Crippen LogP contribution >= 0.6 is 15.9 Å². The molecule has 0 spiro atoms. The smallest absolute Gasteiger partial charge is 0.168 e. The van der Waals surface area contributed by atoms with Crippen molar-refractivity contribution in [3.8, 4) is 11.4 Å². The van der Waals surface area contributed by atoms with Crippen LogP contribution in [0.3, 0.4) is 0 Å². The van der Waals surface area contributed by atoms with Crippen molar-refractivity contribution in [2.45, 2.75) is 6.92 Å². The Balaban J connectivity index is 2.24. The number of aromatic nitrogens is 3. The summed E-state index contributed by atoms with van der Waals surface area (Å²) in [6, 6.07) is 9.77. The Morgan fingerprint density at radius 1 is 1.17 bits per heavy atom. The van der Waals surface area contributed by atoms with Gasteiger partial charge in [0.2, 0.25) is 0 Å². The van der Waals surface area contributed by atoms with Crippen molar-refractivity contribution in [1.29, 1.82) is 0 Å². The number of fused-ring (bicyclic) bond motifs is 1. The molecule has 0 radical (unpaired) electrons. The Morgan fingerprint density at radius 2 is 2.00 bits per heavy atom. The van der Waals surface area contributed by atoms with Crippen LogP contribution in [0.25, 0.3) is 17.0 Å². The van der Waals surface area contributed by atoms with Gasteiger partial charge in [-0.1, -0.05) is 12.1 Å². The molecule has 0 saturated carbocycles. The van der Waals surface area contributed by atoms with Crippen LogP contribution in [0.1, 0.15) is 5.56 Å². The molecule has 18 heavy (non-hydrogen) atoms. The van der Waals surface area contributed by atoms with Gasteiger partial charge in [-0.2, -0.15) is 0 Å². The first kappa shape index (κ1) is 11.2. The molecule has 3 aromatic rings. The summed E-state index contributed by atoms with van der Waals surface area (Å²) in [4.78, 5) is 0. The van der Waals surface area contributed by atoms with E-state index in [2.05, 4.69) is 26.1 Å². The monoisotopic (exact) mass is 302 g/mol. The van der Waals surface area contributed by atoms with Crippen LogP contribution in [0.15, 0.2) is 41.0 Å². The maximum Gasteiger partial charge on any atom is 0.168 e. The maximum absolute atomic E-state index is 5.93. The number of aryl methyl sites for hydroxylation is 1. The summed E-state index contributed by atoms with van der Waals surface area (Å²) in [7, 11) is 0. The first-order valence-corrected chi connectivity index (χ1v) is 6.31. The molecular formula is C13H11BrN4. The van der Waals surface area contributed by atoms with Crippen molar-refractivity contribution in [3.05, 3.63) is 46.6 Å². The van der Waals surface area contributed by atoms with Gasteiger partial charge in [0.1, 0.15) is 0 Å². The van der Waals surface area contributed by atoms with Gasteiger partial charge in [-0.05, 0) is 46.6 Å². The van der Waals surface area contributed by atoms with Crippen LogP contribution < -0.4 is 5.73 Å². The number of halogens is 1. The van der Waals surface area contributed by atoms with Crippen LogP contribution in [0, 0.1) is 6.92 Å². The van der Waals surface area contributed by atoms with Gasteiger partial charge in [0.15, 0.2) is 11.5 Å². The summed E-state index contributed by atoms with van der Waals surface area (Å²) in [5, 5.41) is 8.35. The lowest BCUT2D eigenvalue weighted by Gasteiger charge is -2.04. The zero-order valence-electron chi connectivity index (χ0n) is 9.76. The fourth-order valence-electron chi connectivity index (χ4n) is 1.84. The molecule has 4 nitrogen and oxygen atoms in total. The molecule has 0 bridgehead atoms. The van der Waals surface area contributed by atoms with E-state index in [-0.39, 0.29) is 0 Å². The Labute approximate surface area is 113 Å². The summed E-state index contributed by atoms with van der Waals surface area (Å²) >= 11 is 3.45. The zero-order chi connectivity index (χ0) is 12.7. The fourth-order valence-corrected chi connectivity index (χ4v) is 2.18. The van der Waals surface area contributed by atoms with Crippen molar-refractivity contribution in [1.82, 2.24) is 14.6 Å². The van der Waals surface area contributed by atoms with E-state index in [0.717, 1.165) is 32.8 Å². The lowest BCUT2D eigenvalue weighted by molar-refractivity contribution is 1.11.